The molecule has 6 rings (SSSR count). The predicted octanol–water partition coefficient (Wildman–Crippen LogP) is 5.16. The third kappa shape index (κ3) is 7.55. The van der Waals surface area contributed by atoms with Crippen LogP contribution in [0.2, 0.25) is 5.02 Å². The fourth-order valence-corrected chi connectivity index (χ4v) is 7.91. The number of anilines is 1. The van der Waals surface area contributed by atoms with Crippen LogP contribution in [0.3, 0.4) is 0 Å². The van der Waals surface area contributed by atoms with Gasteiger partial charge in [-0.25, -0.2) is 8.42 Å². The summed E-state index contributed by atoms with van der Waals surface area (Å²) in [7, 11) is -4.01. The second-order valence-electron chi connectivity index (χ2n) is 12.2. The van der Waals surface area contributed by atoms with Crippen LogP contribution in [-0.4, -0.2) is 50.3 Å². The van der Waals surface area contributed by atoms with Crippen LogP contribution in [0, 0.1) is 11.3 Å². The highest BCUT2D eigenvalue weighted by Crippen LogP contribution is 2.34. The number of amides is 2. The Morgan fingerprint density at radius 1 is 0.917 bits per heavy atom. The smallest absolute Gasteiger partial charge is 0.263 e. The SMILES string of the molecule is N#Cc1ccccc1S(=O)(=O)Nc1ccccc1C1CCN(C(=O)[C@@H](Cc2ccc(Cl)cc2)NC(=O)[C@@H]2Cc3ccccc3CN2)CC1. The van der Waals surface area contributed by atoms with Crippen molar-refractivity contribution in [3.8, 4) is 6.07 Å². The van der Waals surface area contributed by atoms with Gasteiger partial charge in [0.2, 0.25) is 11.8 Å². The zero-order chi connectivity index (χ0) is 33.7. The van der Waals surface area contributed by atoms with Gasteiger partial charge in [0.1, 0.15) is 17.0 Å². The molecule has 48 heavy (non-hydrogen) atoms. The zero-order valence-corrected chi connectivity index (χ0v) is 27.8. The van der Waals surface area contributed by atoms with Crippen molar-refractivity contribution in [3.63, 3.8) is 0 Å². The molecule has 2 aliphatic rings. The summed E-state index contributed by atoms with van der Waals surface area (Å²) < 4.78 is 29.3. The maximum Gasteiger partial charge on any atom is 0.263 e. The summed E-state index contributed by atoms with van der Waals surface area (Å²) in [6.45, 7) is 1.48. The van der Waals surface area contributed by atoms with Gasteiger partial charge >= 0.3 is 0 Å². The molecule has 1 saturated heterocycles. The first kappa shape index (κ1) is 33.2. The summed E-state index contributed by atoms with van der Waals surface area (Å²) in [5.41, 5.74) is 4.52. The molecule has 2 heterocycles. The normalized spacial score (nSPS) is 17.1. The highest BCUT2D eigenvalue weighted by Gasteiger charge is 2.33. The molecule has 3 N–H and O–H groups in total. The van der Waals surface area contributed by atoms with Gasteiger partial charge in [-0.2, -0.15) is 5.26 Å². The average molecular weight is 682 g/mol. The van der Waals surface area contributed by atoms with Gasteiger partial charge in [0, 0.05) is 31.1 Å². The number of fused-ring (bicyclic) bond motifs is 1. The van der Waals surface area contributed by atoms with Crippen molar-refractivity contribution in [2.45, 2.75) is 55.1 Å². The summed E-state index contributed by atoms with van der Waals surface area (Å²) in [4.78, 5) is 29.3. The van der Waals surface area contributed by atoms with Crippen LogP contribution >= 0.6 is 11.6 Å². The van der Waals surface area contributed by atoms with Crippen LogP contribution in [0.4, 0.5) is 5.69 Å². The fourth-order valence-electron chi connectivity index (χ4n) is 6.54. The molecule has 9 nitrogen and oxygen atoms in total. The quantitative estimate of drug-likeness (QED) is 0.224. The van der Waals surface area contributed by atoms with Gasteiger partial charge in [-0.1, -0.05) is 78.3 Å². The van der Waals surface area contributed by atoms with E-state index in [1.54, 1.807) is 41.3 Å². The number of carbonyl (C=O) groups excluding carboxylic acids is 2. The Morgan fingerprint density at radius 3 is 2.33 bits per heavy atom. The number of benzene rings is 4. The van der Waals surface area contributed by atoms with Gasteiger partial charge in [0.25, 0.3) is 10.0 Å². The van der Waals surface area contributed by atoms with Gasteiger partial charge in [-0.15, -0.1) is 0 Å². The highest BCUT2D eigenvalue weighted by atomic mass is 35.5. The first-order valence-corrected chi connectivity index (χ1v) is 17.8. The van der Waals surface area contributed by atoms with Crippen molar-refractivity contribution in [1.29, 1.82) is 5.26 Å². The Balaban J connectivity index is 1.15. The summed E-state index contributed by atoms with van der Waals surface area (Å²) in [6.07, 6.45) is 2.09. The number of para-hydroxylation sites is 1. The molecule has 1 fully saturated rings. The molecule has 0 aromatic heterocycles. The van der Waals surface area contributed by atoms with Crippen molar-refractivity contribution >= 4 is 39.1 Å². The van der Waals surface area contributed by atoms with E-state index in [4.69, 9.17) is 11.6 Å². The third-order valence-corrected chi connectivity index (χ3v) is 10.8. The van der Waals surface area contributed by atoms with E-state index in [0.717, 1.165) is 16.7 Å². The molecule has 2 aliphatic heterocycles. The molecule has 4 aromatic rings. The van der Waals surface area contributed by atoms with Crippen LogP contribution < -0.4 is 15.4 Å². The van der Waals surface area contributed by atoms with Crippen molar-refractivity contribution in [3.05, 3.63) is 130 Å². The largest absolute Gasteiger partial charge is 0.343 e. The molecule has 0 saturated carbocycles. The number of halogens is 1. The monoisotopic (exact) mass is 681 g/mol. The minimum absolute atomic E-state index is 0.00465. The number of sulfonamides is 1. The molecule has 0 aliphatic carbocycles. The minimum atomic E-state index is -4.01. The van der Waals surface area contributed by atoms with Gasteiger partial charge < -0.3 is 15.5 Å². The van der Waals surface area contributed by atoms with Crippen LogP contribution in [0.25, 0.3) is 0 Å². The Kier molecular flexibility index (Phi) is 10.1. The molecule has 246 valence electrons. The lowest BCUT2D eigenvalue weighted by atomic mass is 9.88. The van der Waals surface area contributed by atoms with Crippen molar-refractivity contribution in [2.24, 2.45) is 0 Å². The van der Waals surface area contributed by atoms with Crippen LogP contribution in [0.5, 0.6) is 0 Å². The van der Waals surface area contributed by atoms with Gasteiger partial charge in [0.05, 0.1) is 17.3 Å². The average Bonchev–Trinajstić information content (AvgIpc) is 3.12. The Morgan fingerprint density at radius 2 is 1.58 bits per heavy atom. The summed E-state index contributed by atoms with van der Waals surface area (Å²) >= 11 is 6.11. The van der Waals surface area contributed by atoms with E-state index < -0.39 is 22.1 Å². The molecule has 0 unspecified atom stereocenters. The van der Waals surface area contributed by atoms with Crippen LogP contribution in [-0.2, 0) is 39.0 Å². The molecule has 0 radical (unpaired) electrons. The van der Waals surface area contributed by atoms with Crippen LogP contribution in [0.15, 0.2) is 102 Å². The predicted molar refractivity (Wildman–Crippen MR) is 185 cm³/mol. The summed E-state index contributed by atoms with van der Waals surface area (Å²) in [5, 5.41) is 16.4. The Bertz CT molecular complexity index is 1950. The first-order chi connectivity index (χ1) is 23.2. The number of piperidine rings is 1. The second-order valence-corrected chi connectivity index (χ2v) is 14.3. The maximum absolute atomic E-state index is 14.0. The lowest BCUT2D eigenvalue weighted by molar-refractivity contribution is -0.137. The van der Waals surface area contributed by atoms with E-state index in [1.165, 1.54) is 17.7 Å². The number of nitrogens with one attached hydrogen (secondary N) is 3. The number of nitrogens with zero attached hydrogens (tertiary/aromatic N) is 2. The van der Waals surface area contributed by atoms with Crippen molar-refractivity contribution in [2.75, 3.05) is 17.8 Å². The Labute approximate surface area is 286 Å². The highest BCUT2D eigenvalue weighted by molar-refractivity contribution is 7.92. The standard InChI is InChI=1S/C37H36ClN5O4S/c38-30-15-13-25(14-16-30)21-34(41-36(44)33-22-27-7-1-2-9-29(27)24-40-33)37(45)43-19-17-26(18-20-43)31-10-4-5-11-32(31)42-48(46,47)35-12-6-3-8-28(35)23-39/h1-16,26,33-34,40,42H,17-22,24H2,(H,41,44)/t33-,34+/m0/s1. The van der Waals surface area contributed by atoms with E-state index in [-0.39, 0.29) is 28.2 Å². The molecule has 2 atom stereocenters. The lowest BCUT2D eigenvalue weighted by Crippen LogP contribution is -2.56. The number of carbonyl (C=O) groups is 2. The van der Waals surface area contributed by atoms with Crippen molar-refractivity contribution in [1.82, 2.24) is 15.5 Å². The van der Waals surface area contributed by atoms with E-state index >= 15 is 0 Å². The second kappa shape index (κ2) is 14.6. The topological polar surface area (TPSA) is 131 Å². The van der Waals surface area contributed by atoms with Gasteiger partial charge in [-0.3, -0.25) is 14.3 Å². The lowest BCUT2D eigenvalue weighted by Gasteiger charge is -2.36. The third-order valence-electron chi connectivity index (χ3n) is 9.11. The first-order valence-electron chi connectivity index (χ1n) is 16.0. The maximum atomic E-state index is 14.0. The zero-order valence-electron chi connectivity index (χ0n) is 26.2. The van der Waals surface area contributed by atoms with Crippen LogP contribution in [0.1, 0.15) is 46.6 Å². The molecule has 0 bridgehead atoms. The number of rotatable bonds is 9. The van der Waals surface area contributed by atoms with E-state index in [2.05, 4.69) is 15.4 Å². The van der Waals surface area contributed by atoms with E-state index in [1.807, 2.05) is 54.6 Å². The summed E-state index contributed by atoms with van der Waals surface area (Å²) in [6, 6.07) is 29.4. The number of likely N-dealkylation sites (tertiary alicyclic amines) is 1. The Hall–Kier alpha value is -4.69. The number of hydrogen-bond donors (Lipinski definition) is 3. The van der Waals surface area contributed by atoms with Gasteiger partial charge in [0.15, 0.2) is 0 Å². The molecule has 0 spiro atoms. The number of nitriles is 1. The van der Waals surface area contributed by atoms with E-state index in [0.29, 0.717) is 56.0 Å². The van der Waals surface area contributed by atoms with E-state index in [9.17, 15) is 23.3 Å². The molecular formula is C37H36ClN5O4S. The molecule has 11 heteroatoms. The number of hydrogen-bond acceptors (Lipinski definition) is 6. The fraction of sp³-hybridized carbons (Fsp3) is 0.270. The molecular weight excluding hydrogens is 646 g/mol. The van der Waals surface area contributed by atoms with Gasteiger partial charge in [-0.05, 0) is 77.8 Å². The minimum Gasteiger partial charge on any atom is -0.343 e. The molecule has 4 aromatic carbocycles. The molecule has 2 amide bonds. The summed E-state index contributed by atoms with van der Waals surface area (Å²) in [5.74, 6) is -0.379. The van der Waals surface area contributed by atoms with Crippen molar-refractivity contribution < 1.29 is 18.0 Å².